The molecule has 1 atom stereocenters. The van der Waals surface area contributed by atoms with Gasteiger partial charge in [0.2, 0.25) is 0 Å². The van der Waals surface area contributed by atoms with Gasteiger partial charge in [0.1, 0.15) is 12.3 Å². The number of amides is 2. The molecule has 0 saturated carbocycles. The summed E-state index contributed by atoms with van der Waals surface area (Å²) < 4.78 is 5.25. The minimum atomic E-state index is -0.225. The Labute approximate surface area is 182 Å². The minimum absolute atomic E-state index is 0.149. The van der Waals surface area contributed by atoms with E-state index in [4.69, 9.17) is 4.74 Å². The highest BCUT2D eigenvalue weighted by atomic mass is 16.5. The lowest BCUT2D eigenvalue weighted by Crippen LogP contribution is -3.08. The van der Waals surface area contributed by atoms with Crippen LogP contribution in [0.1, 0.15) is 21.5 Å². The molecule has 0 aliphatic rings. The van der Waals surface area contributed by atoms with E-state index in [9.17, 15) is 9.59 Å². The third kappa shape index (κ3) is 6.69. The highest BCUT2D eigenvalue weighted by Gasteiger charge is 2.16. The maximum atomic E-state index is 12.7. The smallest absolute Gasteiger partial charge is 0.279 e. The molecule has 0 heterocycles. The molecule has 0 saturated heterocycles. The number of carbonyl (C=O) groups is 2. The molecule has 1 unspecified atom stereocenters. The molecule has 0 aliphatic carbocycles. The van der Waals surface area contributed by atoms with Gasteiger partial charge in [-0.15, -0.1) is 0 Å². The Balaban J connectivity index is 1.57. The number of likely N-dealkylation sites (N-methyl/N-ethyl adjacent to an activating group) is 1. The minimum Gasteiger partial charge on any atom is -0.497 e. The van der Waals surface area contributed by atoms with Gasteiger partial charge in [-0.3, -0.25) is 9.59 Å². The predicted molar refractivity (Wildman–Crippen MR) is 121 cm³/mol. The van der Waals surface area contributed by atoms with Crippen LogP contribution in [0.25, 0.3) is 0 Å². The topological polar surface area (TPSA) is 71.9 Å². The molecular formula is C25H28N3O3+. The van der Waals surface area contributed by atoms with E-state index >= 15 is 0 Å². The number of para-hydroxylation sites is 1. The Hall–Kier alpha value is -3.64. The summed E-state index contributed by atoms with van der Waals surface area (Å²) in [6.45, 7) is 1.39. The van der Waals surface area contributed by atoms with Gasteiger partial charge < -0.3 is 20.3 Å². The maximum absolute atomic E-state index is 12.7. The molecule has 160 valence electrons. The Bertz CT molecular complexity index is 1020. The summed E-state index contributed by atoms with van der Waals surface area (Å²) in [7, 11) is 3.59. The van der Waals surface area contributed by atoms with Crippen molar-refractivity contribution in [1.82, 2.24) is 5.32 Å². The molecule has 3 aromatic carbocycles. The summed E-state index contributed by atoms with van der Waals surface area (Å²) >= 11 is 0. The van der Waals surface area contributed by atoms with Gasteiger partial charge >= 0.3 is 0 Å². The van der Waals surface area contributed by atoms with Gasteiger partial charge in [-0.2, -0.15) is 0 Å². The Morgan fingerprint density at radius 1 is 0.903 bits per heavy atom. The fraction of sp³-hybridized carbons (Fsp3) is 0.200. The van der Waals surface area contributed by atoms with Crippen LogP contribution in [0.15, 0.2) is 78.9 Å². The first-order valence-corrected chi connectivity index (χ1v) is 10.2. The van der Waals surface area contributed by atoms with Gasteiger partial charge in [0.25, 0.3) is 11.8 Å². The molecule has 0 aliphatic heterocycles. The molecule has 2 amide bonds. The molecule has 3 aromatic rings. The second-order valence-corrected chi connectivity index (χ2v) is 7.42. The molecule has 0 fully saturated rings. The van der Waals surface area contributed by atoms with Crippen LogP contribution in [0, 0.1) is 0 Å². The lowest BCUT2D eigenvalue weighted by Gasteiger charge is -2.16. The lowest BCUT2D eigenvalue weighted by molar-refractivity contribution is -0.885. The normalized spacial score (nSPS) is 11.4. The molecule has 3 rings (SSSR count). The van der Waals surface area contributed by atoms with E-state index < -0.39 is 0 Å². The Morgan fingerprint density at radius 3 is 2.39 bits per heavy atom. The average Bonchev–Trinajstić information content (AvgIpc) is 2.78. The number of hydrogen-bond donors (Lipinski definition) is 3. The Morgan fingerprint density at radius 2 is 1.61 bits per heavy atom. The molecular weight excluding hydrogens is 390 g/mol. The van der Waals surface area contributed by atoms with Crippen molar-refractivity contribution in [1.29, 1.82) is 0 Å². The summed E-state index contributed by atoms with van der Waals surface area (Å²) in [5.74, 6) is 0.422. The van der Waals surface area contributed by atoms with Crippen molar-refractivity contribution in [3.63, 3.8) is 0 Å². The van der Waals surface area contributed by atoms with E-state index in [0.717, 1.165) is 21.8 Å². The van der Waals surface area contributed by atoms with Crippen molar-refractivity contribution in [3.8, 4) is 5.75 Å². The molecule has 0 radical (unpaired) electrons. The van der Waals surface area contributed by atoms with E-state index in [1.54, 1.807) is 31.4 Å². The van der Waals surface area contributed by atoms with Gasteiger partial charge in [0, 0.05) is 12.1 Å². The number of anilines is 1. The molecule has 0 aromatic heterocycles. The van der Waals surface area contributed by atoms with E-state index in [0.29, 0.717) is 24.3 Å². The molecule has 6 nitrogen and oxygen atoms in total. The summed E-state index contributed by atoms with van der Waals surface area (Å²) in [4.78, 5) is 26.3. The summed E-state index contributed by atoms with van der Waals surface area (Å²) in [5, 5.41) is 5.79. The third-order valence-corrected chi connectivity index (χ3v) is 4.84. The largest absolute Gasteiger partial charge is 0.497 e. The van der Waals surface area contributed by atoms with Crippen LogP contribution in [-0.4, -0.2) is 32.5 Å². The van der Waals surface area contributed by atoms with Gasteiger partial charge in [-0.25, -0.2) is 0 Å². The van der Waals surface area contributed by atoms with Crippen molar-refractivity contribution in [3.05, 3.63) is 95.6 Å². The summed E-state index contributed by atoms with van der Waals surface area (Å²) in [6.07, 6.45) is 0. The van der Waals surface area contributed by atoms with Crippen LogP contribution in [0.3, 0.4) is 0 Å². The molecule has 0 spiro atoms. The first-order chi connectivity index (χ1) is 15.0. The zero-order valence-corrected chi connectivity index (χ0v) is 17.9. The van der Waals surface area contributed by atoms with Crippen molar-refractivity contribution in [2.24, 2.45) is 0 Å². The number of methoxy groups -OCH3 is 1. The highest BCUT2D eigenvalue weighted by molar-refractivity contribution is 6.03. The average molecular weight is 419 g/mol. The first-order valence-electron chi connectivity index (χ1n) is 10.2. The van der Waals surface area contributed by atoms with Gasteiger partial charge in [0.05, 0.1) is 25.4 Å². The van der Waals surface area contributed by atoms with Crippen LogP contribution in [0.2, 0.25) is 0 Å². The number of benzene rings is 3. The van der Waals surface area contributed by atoms with E-state index in [-0.39, 0.29) is 18.4 Å². The molecule has 31 heavy (non-hydrogen) atoms. The number of hydrogen-bond acceptors (Lipinski definition) is 3. The fourth-order valence-corrected chi connectivity index (χ4v) is 3.33. The van der Waals surface area contributed by atoms with Gasteiger partial charge in [0.15, 0.2) is 6.54 Å². The standard InChI is InChI=1S/C25H27N3O3/c1-28(17-20-11-8-12-21(15-20)31-2)18-24(29)27-23-14-7-6-13-22(23)25(30)26-16-19-9-4-3-5-10-19/h3-15H,16-18H2,1-2H3,(H,26,30)(H,27,29)/p+1. The van der Waals surface area contributed by atoms with Gasteiger partial charge in [-0.1, -0.05) is 54.6 Å². The zero-order valence-electron chi connectivity index (χ0n) is 17.9. The van der Waals surface area contributed by atoms with Crippen molar-refractivity contribution in [2.45, 2.75) is 13.1 Å². The van der Waals surface area contributed by atoms with E-state index in [2.05, 4.69) is 10.6 Å². The molecule has 3 N–H and O–H groups in total. The zero-order chi connectivity index (χ0) is 22.1. The second kappa shape index (κ2) is 10.9. The Kier molecular flexibility index (Phi) is 7.79. The third-order valence-electron chi connectivity index (χ3n) is 4.84. The van der Waals surface area contributed by atoms with E-state index in [1.807, 2.05) is 61.6 Å². The molecule has 6 heteroatoms. The first kappa shape index (κ1) is 22.1. The van der Waals surface area contributed by atoms with E-state index in [1.165, 1.54) is 0 Å². The van der Waals surface area contributed by atoms with Crippen molar-refractivity contribution >= 4 is 17.5 Å². The number of carbonyl (C=O) groups excluding carboxylic acids is 2. The highest BCUT2D eigenvalue weighted by Crippen LogP contribution is 2.15. The van der Waals surface area contributed by atoms with Gasteiger partial charge in [-0.05, 0) is 29.8 Å². The number of nitrogens with one attached hydrogen (secondary N) is 3. The predicted octanol–water partition coefficient (Wildman–Crippen LogP) is 2.28. The number of ether oxygens (including phenoxy) is 1. The SMILES string of the molecule is COc1cccc(C[NH+](C)CC(=O)Nc2ccccc2C(=O)NCc2ccccc2)c1. The van der Waals surface area contributed by atoms with Crippen LogP contribution < -0.4 is 20.3 Å². The lowest BCUT2D eigenvalue weighted by atomic mass is 10.1. The fourth-order valence-electron chi connectivity index (χ4n) is 3.33. The maximum Gasteiger partial charge on any atom is 0.279 e. The van der Waals surface area contributed by atoms with Crippen LogP contribution in [0.4, 0.5) is 5.69 Å². The molecule has 0 bridgehead atoms. The second-order valence-electron chi connectivity index (χ2n) is 7.42. The summed E-state index contributed by atoms with van der Waals surface area (Å²) in [6, 6.07) is 24.5. The van der Waals surface area contributed by atoms with Crippen LogP contribution >= 0.6 is 0 Å². The quantitative estimate of drug-likeness (QED) is 0.499. The van der Waals surface area contributed by atoms with Crippen molar-refractivity contribution < 1.29 is 19.2 Å². The summed E-state index contributed by atoms with van der Waals surface area (Å²) in [5.41, 5.74) is 3.05. The monoisotopic (exact) mass is 418 g/mol. The number of rotatable bonds is 9. The van der Waals surface area contributed by atoms with Crippen molar-refractivity contribution in [2.75, 3.05) is 26.0 Å². The van der Waals surface area contributed by atoms with Crippen LogP contribution in [-0.2, 0) is 17.9 Å². The van der Waals surface area contributed by atoms with Crippen LogP contribution in [0.5, 0.6) is 5.75 Å². The number of quaternary nitrogens is 1.